The van der Waals surface area contributed by atoms with Gasteiger partial charge in [-0.2, -0.15) is 0 Å². The summed E-state index contributed by atoms with van der Waals surface area (Å²) < 4.78 is 41.1. The molecule has 0 aliphatic rings. The van der Waals surface area contributed by atoms with E-state index in [9.17, 15) is 22.8 Å². The van der Waals surface area contributed by atoms with Gasteiger partial charge in [0.1, 0.15) is 23.1 Å². The molecule has 29 heavy (non-hydrogen) atoms. The van der Waals surface area contributed by atoms with Crippen LogP contribution in [0.25, 0.3) is 10.2 Å². The molecule has 6 nitrogen and oxygen atoms in total. The van der Waals surface area contributed by atoms with Gasteiger partial charge in [-0.15, -0.1) is 0 Å². The van der Waals surface area contributed by atoms with Crippen LogP contribution in [0.1, 0.15) is 6.92 Å². The second-order valence-corrected chi connectivity index (χ2v) is 7.16. The van der Waals surface area contributed by atoms with E-state index in [2.05, 4.69) is 15.6 Å². The van der Waals surface area contributed by atoms with Crippen molar-refractivity contribution in [2.45, 2.75) is 6.92 Å². The molecule has 2 N–H and O–H groups in total. The summed E-state index contributed by atoms with van der Waals surface area (Å²) in [7, 11) is 0. The van der Waals surface area contributed by atoms with E-state index in [-0.39, 0.29) is 13.1 Å². The molecule has 0 unspecified atom stereocenters. The molecule has 0 saturated heterocycles. The summed E-state index contributed by atoms with van der Waals surface area (Å²) >= 11 is 1.13. The van der Waals surface area contributed by atoms with Crippen molar-refractivity contribution in [2.75, 3.05) is 30.3 Å². The third-order valence-electron chi connectivity index (χ3n) is 4.01. The number of anilines is 2. The molecular weight excluding hydrogens is 405 g/mol. The normalized spacial score (nSPS) is 11.1. The second kappa shape index (κ2) is 9.01. The SMILES string of the molecule is CCN(CC(=O)Nc1nc2ccc(F)cc2s1)CC(=O)Nc1c(F)cccc1F. The zero-order valence-electron chi connectivity index (χ0n) is 15.3. The first-order valence-electron chi connectivity index (χ1n) is 8.68. The summed E-state index contributed by atoms with van der Waals surface area (Å²) in [5.41, 5.74) is 0.0325. The van der Waals surface area contributed by atoms with Crippen LogP contribution in [0.3, 0.4) is 0 Å². The molecule has 0 radical (unpaired) electrons. The van der Waals surface area contributed by atoms with E-state index in [4.69, 9.17) is 0 Å². The maximum absolute atomic E-state index is 13.6. The maximum Gasteiger partial charge on any atom is 0.240 e. The van der Waals surface area contributed by atoms with Crippen molar-refractivity contribution in [3.63, 3.8) is 0 Å². The number of rotatable bonds is 7. The smallest absolute Gasteiger partial charge is 0.240 e. The van der Waals surface area contributed by atoms with Gasteiger partial charge in [0, 0.05) is 0 Å². The molecule has 0 aliphatic carbocycles. The van der Waals surface area contributed by atoms with Crippen molar-refractivity contribution < 1.29 is 22.8 Å². The standard InChI is InChI=1S/C19H17F3N4O2S/c1-2-26(9-16(27)24-18-12(21)4-3-5-13(18)22)10-17(28)25-19-23-14-7-6-11(20)8-15(14)29-19/h3-8H,2,9-10H2,1H3,(H,24,27)(H,23,25,28). The van der Waals surface area contributed by atoms with Gasteiger partial charge in [0.25, 0.3) is 0 Å². The summed E-state index contributed by atoms with van der Waals surface area (Å²) in [5, 5.41) is 5.10. The predicted octanol–water partition coefficient (Wildman–Crippen LogP) is 3.61. The van der Waals surface area contributed by atoms with Gasteiger partial charge in [-0.3, -0.25) is 14.5 Å². The average molecular weight is 422 g/mol. The first-order valence-corrected chi connectivity index (χ1v) is 9.49. The number of hydrogen-bond donors (Lipinski definition) is 2. The van der Waals surface area contributed by atoms with E-state index >= 15 is 0 Å². The number of amides is 2. The molecule has 2 amide bonds. The number of halogens is 3. The van der Waals surface area contributed by atoms with Crippen LogP contribution in [0.4, 0.5) is 24.0 Å². The van der Waals surface area contributed by atoms with E-state index < -0.39 is 35.0 Å². The van der Waals surface area contributed by atoms with Crippen LogP contribution in [0.2, 0.25) is 0 Å². The predicted molar refractivity (Wildman–Crippen MR) is 105 cm³/mol. The Labute approximate surface area is 168 Å². The molecule has 3 rings (SSSR count). The third-order valence-corrected chi connectivity index (χ3v) is 4.94. The van der Waals surface area contributed by atoms with E-state index in [1.54, 1.807) is 6.92 Å². The third kappa shape index (κ3) is 5.30. The lowest BCUT2D eigenvalue weighted by Gasteiger charge is -2.19. The van der Waals surface area contributed by atoms with Crippen molar-refractivity contribution in [1.29, 1.82) is 0 Å². The van der Waals surface area contributed by atoms with E-state index in [1.165, 1.54) is 29.2 Å². The van der Waals surface area contributed by atoms with Gasteiger partial charge in [0.05, 0.1) is 23.3 Å². The van der Waals surface area contributed by atoms with Gasteiger partial charge in [0.15, 0.2) is 5.13 Å². The van der Waals surface area contributed by atoms with Gasteiger partial charge >= 0.3 is 0 Å². The van der Waals surface area contributed by atoms with E-state index in [0.717, 1.165) is 23.5 Å². The summed E-state index contributed by atoms with van der Waals surface area (Å²) in [5.74, 6) is -3.23. The lowest BCUT2D eigenvalue weighted by molar-refractivity contribution is -0.119. The number of benzene rings is 2. The minimum absolute atomic E-state index is 0.131. The highest BCUT2D eigenvalue weighted by Crippen LogP contribution is 2.26. The van der Waals surface area contributed by atoms with Crippen molar-refractivity contribution in [3.8, 4) is 0 Å². The Hall–Kier alpha value is -2.98. The molecule has 0 spiro atoms. The minimum Gasteiger partial charge on any atom is -0.320 e. The van der Waals surface area contributed by atoms with Gasteiger partial charge < -0.3 is 10.6 Å². The summed E-state index contributed by atoms with van der Waals surface area (Å²) in [6, 6.07) is 7.39. The molecule has 0 saturated carbocycles. The zero-order chi connectivity index (χ0) is 21.0. The summed E-state index contributed by atoms with van der Waals surface area (Å²) in [6.07, 6.45) is 0. The van der Waals surface area contributed by atoms with Crippen LogP contribution in [-0.2, 0) is 9.59 Å². The number of carbonyl (C=O) groups excluding carboxylic acids is 2. The molecule has 10 heteroatoms. The van der Waals surface area contributed by atoms with E-state index in [1.807, 2.05) is 0 Å². The van der Waals surface area contributed by atoms with Crippen LogP contribution in [0.5, 0.6) is 0 Å². The highest BCUT2D eigenvalue weighted by Gasteiger charge is 2.17. The Kier molecular flexibility index (Phi) is 6.45. The summed E-state index contributed by atoms with van der Waals surface area (Å²) in [6.45, 7) is 1.73. The number of fused-ring (bicyclic) bond motifs is 1. The average Bonchev–Trinajstić information content (AvgIpc) is 3.05. The van der Waals surface area contributed by atoms with Crippen molar-refractivity contribution >= 4 is 44.2 Å². The van der Waals surface area contributed by atoms with Gasteiger partial charge in [-0.1, -0.05) is 24.3 Å². The Morgan fingerprint density at radius 2 is 1.69 bits per heavy atom. The molecule has 1 heterocycles. The highest BCUT2D eigenvalue weighted by atomic mass is 32.1. The van der Waals surface area contributed by atoms with Crippen molar-refractivity contribution in [2.24, 2.45) is 0 Å². The number of para-hydroxylation sites is 1. The Balaban J connectivity index is 1.58. The van der Waals surface area contributed by atoms with Crippen LogP contribution in [-0.4, -0.2) is 41.3 Å². The minimum atomic E-state index is -0.883. The van der Waals surface area contributed by atoms with Crippen LogP contribution >= 0.6 is 11.3 Å². The Bertz CT molecular complexity index is 1040. The molecule has 0 aliphatic heterocycles. The first kappa shape index (κ1) is 20.7. The second-order valence-electron chi connectivity index (χ2n) is 6.13. The van der Waals surface area contributed by atoms with Crippen molar-refractivity contribution in [3.05, 3.63) is 53.8 Å². The molecule has 0 bridgehead atoms. The monoisotopic (exact) mass is 422 g/mol. The topological polar surface area (TPSA) is 74.3 Å². The Morgan fingerprint density at radius 3 is 2.34 bits per heavy atom. The lowest BCUT2D eigenvalue weighted by Crippen LogP contribution is -2.38. The largest absolute Gasteiger partial charge is 0.320 e. The maximum atomic E-state index is 13.6. The highest BCUT2D eigenvalue weighted by molar-refractivity contribution is 7.22. The van der Waals surface area contributed by atoms with Crippen molar-refractivity contribution in [1.82, 2.24) is 9.88 Å². The molecular formula is C19H17F3N4O2S. The molecule has 152 valence electrons. The number of nitrogens with one attached hydrogen (secondary N) is 2. The number of hydrogen-bond acceptors (Lipinski definition) is 5. The number of aromatic nitrogens is 1. The van der Waals surface area contributed by atoms with Gasteiger partial charge in [-0.25, -0.2) is 18.2 Å². The summed E-state index contributed by atoms with van der Waals surface area (Å²) in [4.78, 5) is 30.1. The van der Waals surface area contributed by atoms with E-state index in [0.29, 0.717) is 21.9 Å². The van der Waals surface area contributed by atoms with Gasteiger partial charge in [-0.05, 0) is 36.9 Å². The number of thiazole rings is 1. The molecule has 2 aromatic carbocycles. The number of carbonyl (C=O) groups is 2. The van der Waals surface area contributed by atoms with Crippen LogP contribution in [0.15, 0.2) is 36.4 Å². The fourth-order valence-corrected chi connectivity index (χ4v) is 3.50. The fourth-order valence-electron chi connectivity index (χ4n) is 2.59. The zero-order valence-corrected chi connectivity index (χ0v) is 16.2. The quantitative estimate of drug-likeness (QED) is 0.610. The molecule has 1 aromatic heterocycles. The molecule has 3 aromatic rings. The van der Waals surface area contributed by atoms with Gasteiger partial charge in [0.2, 0.25) is 11.8 Å². The number of nitrogens with zero attached hydrogens (tertiary/aromatic N) is 2. The molecule has 0 atom stereocenters. The Morgan fingerprint density at radius 1 is 1.03 bits per heavy atom. The van der Waals surface area contributed by atoms with Crippen LogP contribution < -0.4 is 10.6 Å². The van der Waals surface area contributed by atoms with Crippen LogP contribution in [0, 0.1) is 17.5 Å². The number of likely N-dealkylation sites (N-methyl/N-ethyl adjacent to an activating group) is 1. The molecule has 0 fully saturated rings. The fraction of sp³-hybridized carbons (Fsp3) is 0.211. The lowest BCUT2D eigenvalue weighted by atomic mass is 10.3. The first-order chi connectivity index (χ1) is 13.9.